The lowest BCUT2D eigenvalue weighted by Gasteiger charge is -2.24. The number of halogens is 2. The Morgan fingerprint density at radius 3 is 2.83 bits per heavy atom. The van der Waals surface area contributed by atoms with Crippen molar-refractivity contribution in [1.29, 1.82) is 0 Å². The largest absolute Gasteiger partial charge is 0.481 e. The number of nitrogens with zero attached hydrogens (tertiary/aromatic N) is 1. The average Bonchev–Trinajstić information content (AvgIpc) is 2.81. The van der Waals surface area contributed by atoms with E-state index in [0.29, 0.717) is 19.5 Å². The second-order valence-corrected chi connectivity index (χ2v) is 4.66. The van der Waals surface area contributed by atoms with E-state index in [0.717, 1.165) is 12.1 Å². The summed E-state index contributed by atoms with van der Waals surface area (Å²) in [6.07, 6.45) is 0.552. The van der Waals surface area contributed by atoms with E-state index in [2.05, 4.69) is 0 Å². The van der Waals surface area contributed by atoms with Gasteiger partial charge < -0.3 is 5.11 Å². The molecule has 0 radical (unpaired) electrons. The molecule has 1 heterocycles. The van der Waals surface area contributed by atoms with Gasteiger partial charge in [0, 0.05) is 18.2 Å². The third kappa shape index (κ3) is 2.51. The molecule has 1 fully saturated rings. The molecule has 5 heteroatoms. The predicted molar refractivity (Wildman–Crippen MR) is 62.1 cm³/mol. The van der Waals surface area contributed by atoms with Gasteiger partial charge in [-0.3, -0.25) is 9.69 Å². The molecule has 1 saturated heterocycles. The van der Waals surface area contributed by atoms with Gasteiger partial charge in [-0.25, -0.2) is 8.78 Å². The summed E-state index contributed by atoms with van der Waals surface area (Å²) in [5, 5.41) is 8.92. The normalized spacial score (nSPS) is 22.1. The maximum absolute atomic E-state index is 13.6. The zero-order chi connectivity index (χ0) is 13.3. The second kappa shape index (κ2) is 5.02. The molecule has 0 saturated carbocycles. The summed E-state index contributed by atoms with van der Waals surface area (Å²) in [4.78, 5) is 12.7. The van der Waals surface area contributed by atoms with Crippen molar-refractivity contribution < 1.29 is 18.7 Å². The van der Waals surface area contributed by atoms with Crippen molar-refractivity contribution in [2.45, 2.75) is 19.4 Å². The van der Waals surface area contributed by atoms with Gasteiger partial charge in [0.15, 0.2) is 0 Å². The Morgan fingerprint density at radius 2 is 2.22 bits per heavy atom. The SMILES string of the molecule is C[C@@H](c1cc(F)ccc1F)N1CC[C@H](C(=O)O)C1. The molecule has 0 bridgehead atoms. The molecular formula is C13H15F2NO2. The molecule has 18 heavy (non-hydrogen) atoms. The van der Waals surface area contributed by atoms with E-state index in [1.165, 1.54) is 6.07 Å². The maximum Gasteiger partial charge on any atom is 0.307 e. The standard InChI is InChI=1S/C13H15F2NO2/c1-8(11-6-10(14)2-3-12(11)15)16-5-4-9(7-16)13(17)18/h2-3,6,8-9H,4-5,7H2,1H3,(H,17,18)/t8-,9-/m0/s1. The Hall–Kier alpha value is -1.49. The summed E-state index contributed by atoms with van der Waals surface area (Å²) >= 11 is 0. The molecule has 0 aliphatic carbocycles. The van der Waals surface area contributed by atoms with Crippen LogP contribution in [0, 0.1) is 17.6 Å². The number of likely N-dealkylation sites (tertiary alicyclic amines) is 1. The van der Waals surface area contributed by atoms with Crippen molar-refractivity contribution in [2.75, 3.05) is 13.1 Å². The first-order chi connectivity index (χ1) is 8.49. The zero-order valence-corrected chi connectivity index (χ0v) is 10.1. The molecule has 1 aromatic carbocycles. The first kappa shape index (κ1) is 13.0. The van der Waals surface area contributed by atoms with Crippen molar-refractivity contribution in [2.24, 2.45) is 5.92 Å². The van der Waals surface area contributed by atoms with Gasteiger partial charge in [0.1, 0.15) is 11.6 Å². The summed E-state index contributed by atoms with van der Waals surface area (Å²) in [6, 6.07) is 3.04. The summed E-state index contributed by atoms with van der Waals surface area (Å²) < 4.78 is 26.7. The van der Waals surface area contributed by atoms with Crippen molar-refractivity contribution in [3.05, 3.63) is 35.4 Å². The third-order valence-corrected chi connectivity index (χ3v) is 3.52. The lowest BCUT2D eigenvalue weighted by molar-refractivity contribution is -0.141. The summed E-state index contributed by atoms with van der Waals surface area (Å²) in [6.45, 7) is 2.74. The van der Waals surface area contributed by atoms with Crippen molar-refractivity contribution in [3.63, 3.8) is 0 Å². The van der Waals surface area contributed by atoms with E-state index in [-0.39, 0.29) is 11.6 Å². The number of rotatable bonds is 3. The second-order valence-electron chi connectivity index (χ2n) is 4.66. The van der Waals surface area contributed by atoms with Crippen LogP contribution in [0.1, 0.15) is 24.9 Å². The fraction of sp³-hybridized carbons (Fsp3) is 0.462. The van der Waals surface area contributed by atoms with Crippen LogP contribution in [-0.4, -0.2) is 29.1 Å². The van der Waals surface area contributed by atoms with E-state index in [1.807, 2.05) is 4.90 Å². The predicted octanol–water partition coefficient (Wildman–Crippen LogP) is 2.43. The first-order valence-electron chi connectivity index (χ1n) is 5.91. The molecule has 1 aromatic rings. The number of benzene rings is 1. The molecule has 1 N–H and O–H groups in total. The lowest BCUT2D eigenvalue weighted by atomic mass is 10.1. The highest BCUT2D eigenvalue weighted by Crippen LogP contribution is 2.29. The molecule has 0 amide bonds. The van der Waals surface area contributed by atoms with Crippen LogP contribution in [-0.2, 0) is 4.79 Å². The Kier molecular flexibility index (Phi) is 3.61. The third-order valence-electron chi connectivity index (χ3n) is 3.52. The Labute approximate surface area is 104 Å². The highest BCUT2D eigenvalue weighted by atomic mass is 19.1. The van der Waals surface area contributed by atoms with Crippen molar-refractivity contribution in [3.8, 4) is 0 Å². The Morgan fingerprint density at radius 1 is 1.50 bits per heavy atom. The molecule has 1 aliphatic rings. The fourth-order valence-electron chi connectivity index (χ4n) is 2.37. The molecule has 3 nitrogen and oxygen atoms in total. The number of carbonyl (C=O) groups is 1. The van der Waals surface area contributed by atoms with Gasteiger partial charge in [-0.1, -0.05) is 0 Å². The molecule has 2 atom stereocenters. The van der Waals surface area contributed by atoms with Gasteiger partial charge in [0.2, 0.25) is 0 Å². The number of hydrogen-bond acceptors (Lipinski definition) is 2. The number of hydrogen-bond donors (Lipinski definition) is 1. The number of carboxylic acids is 1. The summed E-state index contributed by atoms with van der Waals surface area (Å²) in [7, 11) is 0. The van der Waals surface area contributed by atoms with Gasteiger partial charge in [-0.05, 0) is 38.1 Å². The molecule has 0 spiro atoms. The van der Waals surface area contributed by atoms with Crippen LogP contribution >= 0.6 is 0 Å². The Bertz CT molecular complexity index is 464. The maximum atomic E-state index is 13.6. The van der Waals surface area contributed by atoms with Crippen LogP contribution in [0.2, 0.25) is 0 Å². The van der Waals surface area contributed by atoms with Gasteiger partial charge in [-0.2, -0.15) is 0 Å². The van der Waals surface area contributed by atoms with Crippen LogP contribution in [0.4, 0.5) is 8.78 Å². The molecule has 98 valence electrons. The number of carboxylic acid groups (broad SMARTS) is 1. The van der Waals surface area contributed by atoms with Gasteiger partial charge >= 0.3 is 5.97 Å². The minimum absolute atomic E-state index is 0.279. The minimum Gasteiger partial charge on any atom is -0.481 e. The van der Waals surface area contributed by atoms with Crippen molar-refractivity contribution in [1.82, 2.24) is 4.90 Å². The zero-order valence-electron chi connectivity index (χ0n) is 10.1. The van der Waals surface area contributed by atoms with Crippen LogP contribution < -0.4 is 0 Å². The summed E-state index contributed by atoms with van der Waals surface area (Å²) in [5.41, 5.74) is 0.279. The van der Waals surface area contributed by atoms with E-state index < -0.39 is 23.5 Å². The average molecular weight is 255 g/mol. The van der Waals surface area contributed by atoms with Gasteiger partial charge in [0.25, 0.3) is 0 Å². The van der Waals surface area contributed by atoms with Gasteiger partial charge in [-0.15, -0.1) is 0 Å². The molecule has 0 aromatic heterocycles. The Balaban J connectivity index is 2.15. The van der Waals surface area contributed by atoms with E-state index in [9.17, 15) is 13.6 Å². The van der Waals surface area contributed by atoms with Crippen molar-refractivity contribution >= 4 is 5.97 Å². The monoisotopic (exact) mass is 255 g/mol. The lowest BCUT2D eigenvalue weighted by Crippen LogP contribution is -2.27. The quantitative estimate of drug-likeness (QED) is 0.901. The van der Waals surface area contributed by atoms with E-state index >= 15 is 0 Å². The van der Waals surface area contributed by atoms with E-state index in [4.69, 9.17) is 5.11 Å². The summed E-state index contributed by atoms with van der Waals surface area (Å²) in [5.74, 6) is -2.18. The minimum atomic E-state index is -0.829. The van der Waals surface area contributed by atoms with Gasteiger partial charge in [0.05, 0.1) is 5.92 Å². The molecule has 1 aliphatic heterocycles. The topological polar surface area (TPSA) is 40.5 Å². The van der Waals surface area contributed by atoms with Crippen LogP contribution in [0.15, 0.2) is 18.2 Å². The molecule has 2 rings (SSSR count). The smallest absolute Gasteiger partial charge is 0.307 e. The van der Waals surface area contributed by atoms with Crippen LogP contribution in [0.25, 0.3) is 0 Å². The van der Waals surface area contributed by atoms with Crippen LogP contribution in [0.3, 0.4) is 0 Å². The number of aliphatic carboxylic acids is 1. The molecular weight excluding hydrogens is 240 g/mol. The highest BCUT2D eigenvalue weighted by Gasteiger charge is 2.31. The van der Waals surface area contributed by atoms with Crippen LogP contribution in [0.5, 0.6) is 0 Å². The first-order valence-corrected chi connectivity index (χ1v) is 5.91. The highest BCUT2D eigenvalue weighted by molar-refractivity contribution is 5.70. The van der Waals surface area contributed by atoms with E-state index in [1.54, 1.807) is 6.92 Å². The fourth-order valence-corrected chi connectivity index (χ4v) is 2.37. The molecule has 0 unspecified atom stereocenters.